The molecular formula is C19H28N2O4. The van der Waals surface area contributed by atoms with Crippen LogP contribution in [0.4, 0.5) is 4.79 Å². The van der Waals surface area contributed by atoms with Gasteiger partial charge in [-0.1, -0.05) is 43.2 Å². The first kappa shape index (κ1) is 19.2. The van der Waals surface area contributed by atoms with E-state index in [1.54, 1.807) is 0 Å². The summed E-state index contributed by atoms with van der Waals surface area (Å²) >= 11 is 0. The molecule has 1 fully saturated rings. The number of benzene rings is 1. The molecule has 6 heteroatoms. The smallest absolute Gasteiger partial charge is 0.315 e. The van der Waals surface area contributed by atoms with E-state index in [0.29, 0.717) is 19.4 Å². The Morgan fingerprint density at radius 1 is 1.16 bits per heavy atom. The molecule has 0 saturated heterocycles. The molecule has 25 heavy (non-hydrogen) atoms. The monoisotopic (exact) mass is 348 g/mol. The van der Waals surface area contributed by atoms with Crippen LogP contribution >= 0.6 is 0 Å². The van der Waals surface area contributed by atoms with Gasteiger partial charge in [-0.25, -0.2) is 4.79 Å². The average molecular weight is 348 g/mol. The second-order valence-electron chi connectivity index (χ2n) is 6.79. The number of hydrogen-bond donors (Lipinski definition) is 4. The number of nitrogens with one attached hydrogen (secondary N) is 2. The summed E-state index contributed by atoms with van der Waals surface area (Å²) in [5, 5.41) is 24.6. The van der Waals surface area contributed by atoms with E-state index in [0.717, 1.165) is 31.2 Å². The summed E-state index contributed by atoms with van der Waals surface area (Å²) < 4.78 is 0. The van der Waals surface area contributed by atoms with E-state index in [-0.39, 0.29) is 30.5 Å². The van der Waals surface area contributed by atoms with Gasteiger partial charge in [0.05, 0.1) is 6.10 Å². The number of hydrogen-bond acceptors (Lipinski definition) is 3. The molecule has 2 amide bonds. The Bertz CT molecular complexity index is 550. The predicted molar refractivity (Wildman–Crippen MR) is 95.3 cm³/mol. The number of aliphatic hydroxyl groups is 1. The number of aliphatic hydroxyl groups excluding tert-OH is 1. The Morgan fingerprint density at radius 2 is 1.88 bits per heavy atom. The number of carbonyl (C=O) groups is 2. The minimum Gasteiger partial charge on any atom is -0.481 e. The first-order chi connectivity index (χ1) is 12.0. The quantitative estimate of drug-likeness (QED) is 0.579. The van der Waals surface area contributed by atoms with Crippen molar-refractivity contribution in [2.45, 2.75) is 57.1 Å². The van der Waals surface area contributed by atoms with Crippen LogP contribution in [0.5, 0.6) is 0 Å². The second kappa shape index (κ2) is 10.0. The molecule has 0 aromatic heterocycles. The van der Waals surface area contributed by atoms with Gasteiger partial charge in [-0.15, -0.1) is 0 Å². The van der Waals surface area contributed by atoms with Crippen molar-refractivity contribution < 1.29 is 19.8 Å². The normalized spacial score (nSPS) is 21.3. The van der Waals surface area contributed by atoms with E-state index >= 15 is 0 Å². The number of carbonyl (C=O) groups excluding carboxylic acids is 1. The molecule has 138 valence electrons. The van der Waals surface area contributed by atoms with Gasteiger partial charge in [-0.3, -0.25) is 4.79 Å². The van der Waals surface area contributed by atoms with Crippen LogP contribution in [0.1, 0.15) is 44.1 Å². The lowest BCUT2D eigenvalue weighted by molar-refractivity contribution is -0.137. The summed E-state index contributed by atoms with van der Waals surface area (Å²) in [6, 6.07) is 9.16. The SMILES string of the molecule is O=C(O)CCC(Cc1ccccc1)NC(=O)NC[C@H]1CCCC[C@@H]1O. The maximum atomic E-state index is 12.2. The summed E-state index contributed by atoms with van der Waals surface area (Å²) in [5.74, 6) is -0.767. The fraction of sp³-hybridized carbons (Fsp3) is 0.579. The molecule has 0 spiro atoms. The molecule has 0 radical (unpaired) electrons. The fourth-order valence-electron chi connectivity index (χ4n) is 3.31. The lowest BCUT2D eigenvalue weighted by atomic mass is 9.86. The van der Waals surface area contributed by atoms with Crippen molar-refractivity contribution in [1.82, 2.24) is 10.6 Å². The molecule has 6 nitrogen and oxygen atoms in total. The van der Waals surface area contributed by atoms with Crippen LogP contribution in [0, 0.1) is 5.92 Å². The summed E-state index contributed by atoms with van der Waals surface area (Å²) in [6.07, 6.45) is 4.48. The molecule has 1 unspecified atom stereocenters. The Balaban J connectivity index is 1.83. The maximum absolute atomic E-state index is 12.2. The van der Waals surface area contributed by atoms with Gasteiger partial charge in [0.25, 0.3) is 0 Å². The molecule has 1 aliphatic carbocycles. The zero-order chi connectivity index (χ0) is 18.1. The van der Waals surface area contributed by atoms with Crippen LogP contribution in [0.2, 0.25) is 0 Å². The van der Waals surface area contributed by atoms with Crippen molar-refractivity contribution in [2.24, 2.45) is 5.92 Å². The fourth-order valence-corrected chi connectivity index (χ4v) is 3.31. The summed E-state index contributed by atoms with van der Waals surface area (Å²) in [4.78, 5) is 23.0. The van der Waals surface area contributed by atoms with Gasteiger partial charge in [0.2, 0.25) is 0 Å². The van der Waals surface area contributed by atoms with Gasteiger partial charge < -0.3 is 20.8 Å². The predicted octanol–water partition coefficient (Wildman–Crippen LogP) is 2.31. The van der Waals surface area contributed by atoms with Gasteiger partial charge >= 0.3 is 12.0 Å². The lowest BCUT2D eigenvalue weighted by Crippen LogP contribution is -2.46. The van der Waals surface area contributed by atoms with Crippen LogP contribution in [0.25, 0.3) is 0 Å². The molecule has 0 aliphatic heterocycles. The number of rotatable bonds is 8. The number of amides is 2. The lowest BCUT2D eigenvalue weighted by Gasteiger charge is -2.28. The highest BCUT2D eigenvalue weighted by molar-refractivity contribution is 5.74. The largest absolute Gasteiger partial charge is 0.481 e. The number of urea groups is 1. The zero-order valence-corrected chi connectivity index (χ0v) is 14.5. The highest BCUT2D eigenvalue weighted by Crippen LogP contribution is 2.23. The van der Waals surface area contributed by atoms with Crippen molar-refractivity contribution in [1.29, 1.82) is 0 Å². The average Bonchev–Trinajstić information content (AvgIpc) is 2.60. The Hall–Kier alpha value is -2.08. The van der Waals surface area contributed by atoms with E-state index in [1.165, 1.54) is 0 Å². The molecule has 1 saturated carbocycles. The molecule has 4 N–H and O–H groups in total. The van der Waals surface area contributed by atoms with E-state index in [2.05, 4.69) is 10.6 Å². The van der Waals surface area contributed by atoms with Crippen molar-refractivity contribution >= 4 is 12.0 Å². The van der Waals surface area contributed by atoms with Crippen molar-refractivity contribution in [2.75, 3.05) is 6.54 Å². The van der Waals surface area contributed by atoms with Gasteiger partial charge in [0.15, 0.2) is 0 Å². The third-order valence-corrected chi connectivity index (χ3v) is 4.76. The number of aliphatic carboxylic acids is 1. The van der Waals surface area contributed by atoms with E-state index < -0.39 is 5.97 Å². The topological polar surface area (TPSA) is 98.7 Å². The van der Waals surface area contributed by atoms with Gasteiger partial charge in [-0.05, 0) is 31.2 Å². The zero-order valence-electron chi connectivity index (χ0n) is 14.5. The van der Waals surface area contributed by atoms with Crippen LogP contribution in [-0.4, -0.2) is 40.9 Å². The molecule has 1 aromatic carbocycles. The summed E-state index contributed by atoms with van der Waals surface area (Å²) in [7, 11) is 0. The van der Waals surface area contributed by atoms with Crippen LogP contribution in [-0.2, 0) is 11.2 Å². The number of carboxylic acid groups (broad SMARTS) is 1. The standard InChI is InChI=1S/C19H28N2O4/c22-17-9-5-4-8-15(17)13-20-19(25)21-16(10-11-18(23)24)12-14-6-2-1-3-7-14/h1-3,6-7,15-17,22H,4-5,8-13H2,(H,23,24)(H2,20,21,25)/t15-,16?,17+/m1/s1. The van der Waals surface area contributed by atoms with E-state index in [1.807, 2.05) is 30.3 Å². The van der Waals surface area contributed by atoms with Gasteiger partial charge in [0.1, 0.15) is 0 Å². The Labute approximate surface area is 148 Å². The highest BCUT2D eigenvalue weighted by Gasteiger charge is 2.23. The summed E-state index contributed by atoms with van der Waals surface area (Å²) in [6.45, 7) is 0.448. The second-order valence-corrected chi connectivity index (χ2v) is 6.79. The maximum Gasteiger partial charge on any atom is 0.315 e. The molecular weight excluding hydrogens is 320 g/mol. The first-order valence-electron chi connectivity index (χ1n) is 9.02. The molecule has 1 aliphatic rings. The molecule has 2 rings (SSSR count). The minimum atomic E-state index is -0.870. The summed E-state index contributed by atoms with van der Waals surface area (Å²) in [5.41, 5.74) is 1.06. The third kappa shape index (κ3) is 7.13. The molecule has 0 heterocycles. The van der Waals surface area contributed by atoms with Crippen molar-refractivity contribution in [3.05, 3.63) is 35.9 Å². The van der Waals surface area contributed by atoms with E-state index in [4.69, 9.17) is 5.11 Å². The number of carboxylic acids is 1. The van der Waals surface area contributed by atoms with Crippen molar-refractivity contribution in [3.63, 3.8) is 0 Å². The molecule has 3 atom stereocenters. The van der Waals surface area contributed by atoms with Crippen LogP contribution in [0.15, 0.2) is 30.3 Å². The first-order valence-corrected chi connectivity index (χ1v) is 9.02. The van der Waals surface area contributed by atoms with Gasteiger partial charge in [-0.2, -0.15) is 0 Å². The molecule has 1 aromatic rings. The van der Waals surface area contributed by atoms with Crippen LogP contribution < -0.4 is 10.6 Å². The highest BCUT2D eigenvalue weighted by atomic mass is 16.4. The minimum absolute atomic E-state index is 0.0130. The third-order valence-electron chi connectivity index (χ3n) is 4.76. The van der Waals surface area contributed by atoms with Crippen LogP contribution in [0.3, 0.4) is 0 Å². The van der Waals surface area contributed by atoms with Crippen molar-refractivity contribution in [3.8, 4) is 0 Å². The molecule has 0 bridgehead atoms. The Morgan fingerprint density at radius 3 is 2.56 bits per heavy atom. The van der Waals surface area contributed by atoms with Gasteiger partial charge in [0, 0.05) is 24.9 Å². The Kier molecular flexibility index (Phi) is 7.73. The van der Waals surface area contributed by atoms with E-state index in [9.17, 15) is 14.7 Å².